The normalized spacial score (nSPS) is 10.5. The number of carbonyl (C=O) groups excluding carboxylic acids is 1. The molecule has 3 aromatic carbocycles. The molecule has 0 bridgehead atoms. The zero-order valence-electron chi connectivity index (χ0n) is 19.7. The van der Waals surface area contributed by atoms with Gasteiger partial charge in [-0.2, -0.15) is 0 Å². The molecule has 4 N–H and O–H groups in total. The molecule has 1 aromatic heterocycles. The Hall–Kier alpha value is -4.39. The van der Waals surface area contributed by atoms with Crippen LogP contribution in [0, 0.1) is 27.7 Å². The topological polar surface area (TPSA) is 91.0 Å². The molecule has 0 unspecified atom stereocenters. The Morgan fingerprint density at radius 2 is 1.03 bits per heavy atom. The van der Waals surface area contributed by atoms with E-state index in [2.05, 4.69) is 44.2 Å². The second-order valence-corrected chi connectivity index (χ2v) is 8.33. The predicted molar refractivity (Wildman–Crippen MR) is 140 cm³/mol. The highest BCUT2D eigenvalue weighted by Crippen LogP contribution is 2.22. The minimum atomic E-state index is -0.288. The molecule has 0 aliphatic rings. The lowest BCUT2D eigenvalue weighted by atomic mass is 10.1. The van der Waals surface area contributed by atoms with Crippen LogP contribution in [0.2, 0.25) is 0 Å². The molecule has 0 aliphatic carbocycles. The molecule has 172 valence electrons. The number of hydrogen-bond donors (Lipinski definition) is 4. The van der Waals surface area contributed by atoms with Crippen LogP contribution >= 0.6 is 0 Å². The van der Waals surface area contributed by atoms with E-state index < -0.39 is 0 Å². The molecule has 0 spiro atoms. The van der Waals surface area contributed by atoms with Gasteiger partial charge in [0.1, 0.15) is 17.5 Å². The van der Waals surface area contributed by atoms with Crippen LogP contribution in [0.15, 0.2) is 72.8 Å². The van der Waals surface area contributed by atoms with Crippen LogP contribution in [0.25, 0.3) is 0 Å². The van der Waals surface area contributed by atoms with Gasteiger partial charge in [-0.25, -0.2) is 14.8 Å². The van der Waals surface area contributed by atoms with Crippen molar-refractivity contribution >= 4 is 40.4 Å². The van der Waals surface area contributed by atoms with Gasteiger partial charge in [0.15, 0.2) is 0 Å². The summed E-state index contributed by atoms with van der Waals surface area (Å²) in [4.78, 5) is 21.3. The summed E-state index contributed by atoms with van der Waals surface area (Å²) in [7, 11) is 0. The fraction of sp³-hybridized carbons (Fsp3) is 0.148. The summed E-state index contributed by atoms with van der Waals surface area (Å²) < 4.78 is 0. The van der Waals surface area contributed by atoms with Gasteiger partial charge in [0.25, 0.3) is 0 Å². The SMILES string of the molecule is Cc1ccc(Nc2cc(Nc3ccc(NC(=O)Nc4cc(C)cc(C)c4)cc3)nc(C)n2)cc1. The number of benzene rings is 3. The molecule has 0 aliphatic heterocycles. The molecule has 0 atom stereocenters. The number of nitrogens with one attached hydrogen (secondary N) is 4. The summed E-state index contributed by atoms with van der Waals surface area (Å²) in [6.07, 6.45) is 0. The molecule has 1 heterocycles. The molecule has 0 fully saturated rings. The molecular weight excluding hydrogens is 424 g/mol. The van der Waals surface area contributed by atoms with Crippen molar-refractivity contribution < 1.29 is 4.79 Å². The number of aromatic nitrogens is 2. The van der Waals surface area contributed by atoms with E-state index in [0.717, 1.165) is 28.2 Å². The molecule has 34 heavy (non-hydrogen) atoms. The summed E-state index contributed by atoms with van der Waals surface area (Å²) in [5.74, 6) is 2.04. The minimum Gasteiger partial charge on any atom is -0.340 e. The Bertz CT molecular complexity index is 1280. The molecule has 4 aromatic rings. The van der Waals surface area contributed by atoms with Crippen molar-refractivity contribution in [1.29, 1.82) is 0 Å². The van der Waals surface area contributed by atoms with Gasteiger partial charge in [0.2, 0.25) is 0 Å². The number of carbonyl (C=O) groups is 1. The lowest BCUT2D eigenvalue weighted by Gasteiger charge is -2.12. The lowest BCUT2D eigenvalue weighted by molar-refractivity contribution is 0.262. The third kappa shape index (κ3) is 6.32. The fourth-order valence-electron chi connectivity index (χ4n) is 3.61. The highest BCUT2D eigenvalue weighted by molar-refractivity contribution is 6.00. The first-order chi connectivity index (χ1) is 16.3. The maximum absolute atomic E-state index is 12.4. The summed E-state index contributed by atoms with van der Waals surface area (Å²) in [5, 5.41) is 12.3. The Kier molecular flexibility index (Phi) is 6.73. The first-order valence-corrected chi connectivity index (χ1v) is 11.1. The first kappa shape index (κ1) is 22.8. The monoisotopic (exact) mass is 452 g/mol. The Labute approximate surface area is 199 Å². The van der Waals surface area contributed by atoms with Gasteiger partial charge in [-0.05, 0) is 87.4 Å². The fourth-order valence-corrected chi connectivity index (χ4v) is 3.61. The highest BCUT2D eigenvalue weighted by atomic mass is 16.2. The van der Waals surface area contributed by atoms with Crippen molar-refractivity contribution in [3.8, 4) is 0 Å². The van der Waals surface area contributed by atoms with Gasteiger partial charge in [0.05, 0.1) is 0 Å². The average Bonchev–Trinajstić information content (AvgIpc) is 2.75. The second kappa shape index (κ2) is 10.0. The largest absolute Gasteiger partial charge is 0.340 e. The maximum atomic E-state index is 12.4. The van der Waals surface area contributed by atoms with Crippen molar-refractivity contribution in [3.05, 3.63) is 95.3 Å². The molecule has 2 amide bonds. The molecule has 0 saturated carbocycles. The number of urea groups is 1. The van der Waals surface area contributed by atoms with Crippen molar-refractivity contribution in [2.75, 3.05) is 21.3 Å². The summed E-state index contributed by atoms with van der Waals surface area (Å²) in [6, 6.07) is 23.1. The number of hydrogen-bond acceptors (Lipinski definition) is 5. The quantitative estimate of drug-likeness (QED) is 0.257. The number of amides is 2. The zero-order valence-corrected chi connectivity index (χ0v) is 19.7. The molecule has 0 saturated heterocycles. The highest BCUT2D eigenvalue weighted by Gasteiger charge is 2.06. The molecule has 0 radical (unpaired) electrons. The van der Waals surface area contributed by atoms with Gasteiger partial charge in [-0.15, -0.1) is 0 Å². The smallest absolute Gasteiger partial charge is 0.323 e. The summed E-state index contributed by atoms with van der Waals surface area (Å²) in [6.45, 7) is 7.91. The van der Waals surface area contributed by atoms with E-state index in [4.69, 9.17) is 0 Å². The maximum Gasteiger partial charge on any atom is 0.323 e. The number of nitrogens with zero attached hydrogens (tertiary/aromatic N) is 2. The Morgan fingerprint density at radius 3 is 1.59 bits per heavy atom. The third-order valence-electron chi connectivity index (χ3n) is 5.06. The minimum absolute atomic E-state index is 0.288. The lowest BCUT2D eigenvalue weighted by Crippen LogP contribution is -2.19. The van der Waals surface area contributed by atoms with Crippen LogP contribution in [0.5, 0.6) is 0 Å². The van der Waals surface area contributed by atoms with Gasteiger partial charge >= 0.3 is 6.03 Å². The van der Waals surface area contributed by atoms with E-state index in [-0.39, 0.29) is 6.03 Å². The van der Waals surface area contributed by atoms with Gasteiger partial charge in [0, 0.05) is 28.8 Å². The zero-order chi connectivity index (χ0) is 24.1. The number of aryl methyl sites for hydroxylation is 4. The van der Waals surface area contributed by atoms with E-state index in [1.165, 1.54) is 5.56 Å². The third-order valence-corrected chi connectivity index (χ3v) is 5.06. The van der Waals surface area contributed by atoms with Crippen molar-refractivity contribution in [1.82, 2.24) is 9.97 Å². The van der Waals surface area contributed by atoms with Crippen LogP contribution in [0.3, 0.4) is 0 Å². The molecular formula is C27H28N6O. The van der Waals surface area contributed by atoms with Crippen LogP contribution in [-0.2, 0) is 0 Å². The molecule has 7 nitrogen and oxygen atoms in total. The van der Waals surface area contributed by atoms with Gasteiger partial charge in [-0.1, -0.05) is 23.8 Å². The van der Waals surface area contributed by atoms with E-state index in [9.17, 15) is 4.79 Å². The Morgan fingerprint density at radius 1 is 0.559 bits per heavy atom. The molecule has 7 heteroatoms. The number of anilines is 6. The van der Waals surface area contributed by atoms with Crippen molar-refractivity contribution in [2.24, 2.45) is 0 Å². The van der Waals surface area contributed by atoms with E-state index in [0.29, 0.717) is 23.1 Å². The van der Waals surface area contributed by atoms with Crippen LogP contribution in [0.1, 0.15) is 22.5 Å². The van der Waals surface area contributed by atoms with Crippen LogP contribution < -0.4 is 21.3 Å². The second-order valence-electron chi connectivity index (χ2n) is 8.33. The van der Waals surface area contributed by atoms with Crippen LogP contribution in [0.4, 0.5) is 39.2 Å². The van der Waals surface area contributed by atoms with Crippen LogP contribution in [-0.4, -0.2) is 16.0 Å². The standard InChI is InChI=1S/C27H28N6O/c1-17-5-7-21(8-6-17)30-25-16-26(29-20(4)28-25)31-22-9-11-23(12-10-22)32-27(34)33-24-14-18(2)13-19(3)15-24/h5-16H,1-4H3,(H2,32,33,34)(H2,28,29,30,31). The first-order valence-electron chi connectivity index (χ1n) is 11.1. The molecule has 4 rings (SSSR count). The van der Waals surface area contributed by atoms with E-state index in [1.54, 1.807) is 0 Å². The van der Waals surface area contributed by atoms with Gasteiger partial charge in [-0.3, -0.25) is 0 Å². The van der Waals surface area contributed by atoms with Crippen molar-refractivity contribution in [3.63, 3.8) is 0 Å². The van der Waals surface area contributed by atoms with E-state index in [1.807, 2.05) is 87.5 Å². The number of rotatable bonds is 6. The predicted octanol–water partition coefficient (Wildman–Crippen LogP) is 6.84. The summed E-state index contributed by atoms with van der Waals surface area (Å²) >= 11 is 0. The van der Waals surface area contributed by atoms with E-state index >= 15 is 0 Å². The summed E-state index contributed by atoms with van der Waals surface area (Å²) in [5.41, 5.74) is 6.66. The van der Waals surface area contributed by atoms with Crippen molar-refractivity contribution in [2.45, 2.75) is 27.7 Å². The Balaban J connectivity index is 1.38. The average molecular weight is 453 g/mol. The van der Waals surface area contributed by atoms with Gasteiger partial charge < -0.3 is 21.3 Å².